The van der Waals surface area contributed by atoms with Crippen molar-refractivity contribution in [2.45, 2.75) is 116 Å². The summed E-state index contributed by atoms with van der Waals surface area (Å²) in [4.78, 5) is 36.5. The lowest BCUT2D eigenvalue weighted by Crippen LogP contribution is -2.34. The Morgan fingerprint density at radius 1 is 0.724 bits per heavy atom. The Kier molecular flexibility index (Phi) is 17.9. The third-order valence-electron chi connectivity index (χ3n) is 5.19. The van der Waals surface area contributed by atoms with Crippen LogP contribution in [0.5, 0.6) is 0 Å². The van der Waals surface area contributed by atoms with Crippen molar-refractivity contribution >= 4 is 17.7 Å². The van der Waals surface area contributed by atoms with Gasteiger partial charge in [0.15, 0.2) is 6.10 Å². The summed E-state index contributed by atoms with van der Waals surface area (Å²) in [6, 6.07) is 0. The number of Topliss-reactive ketones (excluding diaryl/α,β-unsaturated/α-hetero) is 1. The van der Waals surface area contributed by atoms with Crippen molar-refractivity contribution in [1.29, 1.82) is 0 Å². The Labute approximate surface area is 176 Å². The standard InChI is InChI=1S/C23H42O6/c1-3-5-7-9-11-13-15-17-20(25)19(16-14-12-10-8-6-4-2)22(27)29-23(28)21(26)18-24/h19,21,24,26H,3-18H2,1-2H3. The lowest BCUT2D eigenvalue weighted by atomic mass is 9.93. The first kappa shape index (κ1) is 27.7. The van der Waals surface area contributed by atoms with E-state index in [-0.39, 0.29) is 5.78 Å². The van der Waals surface area contributed by atoms with E-state index in [0.29, 0.717) is 12.8 Å². The molecule has 29 heavy (non-hydrogen) atoms. The Balaban J connectivity index is 4.49. The molecule has 2 N–H and O–H groups in total. The molecule has 0 fully saturated rings. The Bertz CT molecular complexity index is 449. The Hall–Kier alpha value is -1.27. The van der Waals surface area contributed by atoms with Gasteiger partial charge in [-0.25, -0.2) is 4.79 Å². The first-order valence-corrected chi connectivity index (χ1v) is 11.5. The topological polar surface area (TPSA) is 101 Å². The van der Waals surface area contributed by atoms with Crippen LogP contribution >= 0.6 is 0 Å². The van der Waals surface area contributed by atoms with E-state index in [1.54, 1.807) is 0 Å². The molecule has 0 saturated heterocycles. The molecule has 0 rings (SSSR count). The van der Waals surface area contributed by atoms with Gasteiger partial charge in [0.05, 0.1) is 6.61 Å². The summed E-state index contributed by atoms with van der Waals surface area (Å²) in [6.07, 6.45) is 12.7. The molecule has 0 aliphatic heterocycles. The third kappa shape index (κ3) is 14.4. The molecule has 0 spiro atoms. The molecular formula is C23H42O6. The molecule has 0 aromatic heterocycles. The summed E-state index contributed by atoms with van der Waals surface area (Å²) >= 11 is 0. The van der Waals surface area contributed by atoms with Crippen molar-refractivity contribution in [3.05, 3.63) is 0 Å². The molecule has 0 aromatic rings. The lowest BCUT2D eigenvalue weighted by Gasteiger charge is -2.15. The van der Waals surface area contributed by atoms with Crippen LogP contribution in [0.25, 0.3) is 0 Å². The van der Waals surface area contributed by atoms with Crippen molar-refractivity contribution in [1.82, 2.24) is 0 Å². The second kappa shape index (κ2) is 18.7. The van der Waals surface area contributed by atoms with Gasteiger partial charge in [-0.15, -0.1) is 0 Å². The van der Waals surface area contributed by atoms with Crippen molar-refractivity contribution in [3.8, 4) is 0 Å². The fourth-order valence-electron chi connectivity index (χ4n) is 3.28. The summed E-state index contributed by atoms with van der Waals surface area (Å²) in [6.45, 7) is 3.50. The van der Waals surface area contributed by atoms with Gasteiger partial charge < -0.3 is 14.9 Å². The van der Waals surface area contributed by atoms with Crippen LogP contribution in [0.15, 0.2) is 0 Å². The predicted octanol–water partition coefficient (Wildman–Crippen LogP) is 4.49. The molecule has 0 bridgehead atoms. The van der Waals surface area contributed by atoms with Crippen molar-refractivity contribution in [2.24, 2.45) is 5.92 Å². The van der Waals surface area contributed by atoms with Gasteiger partial charge in [-0.05, 0) is 12.8 Å². The van der Waals surface area contributed by atoms with E-state index in [0.717, 1.165) is 51.4 Å². The maximum atomic E-state index is 12.6. The van der Waals surface area contributed by atoms with Crippen LogP contribution < -0.4 is 0 Å². The number of hydrogen-bond acceptors (Lipinski definition) is 6. The highest BCUT2D eigenvalue weighted by Gasteiger charge is 2.30. The van der Waals surface area contributed by atoms with E-state index in [2.05, 4.69) is 18.6 Å². The number of unbranched alkanes of at least 4 members (excludes halogenated alkanes) is 11. The number of rotatable bonds is 19. The SMILES string of the molecule is CCCCCCCCCC(=O)C(CCCCCCCC)C(=O)OC(=O)C(O)CO. The van der Waals surface area contributed by atoms with Crippen LogP contribution in [-0.4, -0.2) is 40.6 Å². The van der Waals surface area contributed by atoms with E-state index >= 15 is 0 Å². The summed E-state index contributed by atoms with van der Waals surface area (Å²) in [5.41, 5.74) is 0. The predicted molar refractivity (Wildman–Crippen MR) is 113 cm³/mol. The normalized spacial score (nSPS) is 13.1. The van der Waals surface area contributed by atoms with Crippen LogP contribution in [-0.2, 0) is 19.1 Å². The quantitative estimate of drug-likeness (QED) is 0.183. The summed E-state index contributed by atoms with van der Waals surface area (Å²) < 4.78 is 4.65. The highest BCUT2D eigenvalue weighted by atomic mass is 16.6. The van der Waals surface area contributed by atoms with Gasteiger partial charge in [0.25, 0.3) is 0 Å². The number of ether oxygens (including phenoxy) is 1. The zero-order valence-electron chi connectivity index (χ0n) is 18.5. The largest absolute Gasteiger partial charge is 0.393 e. The summed E-state index contributed by atoms with van der Waals surface area (Å²) in [5.74, 6) is -3.25. The summed E-state index contributed by atoms with van der Waals surface area (Å²) in [5, 5.41) is 18.1. The van der Waals surface area contributed by atoms with Crippen LogP contribution in [0.2, 0.25) is 0 Å². The van der Waals surface area contributed by atoms with E-state index in [9.17, 15) is 19.5 Å². The number of ketones is 1. The minimum Gasteiger partial charge on any atom is -0.393 e. The van der Waals surface area contributed by atoms with E-state index in [1.165, 1.54) is 32.1 Å². The van der Waals surface area contributed by atoms with Gasteiger partial charge >= 0.3 is 11.9 Å². The molecule has 6 heteroatoms. The highest BCUT2D eigenvalue weighted by Crippen LogP contribution is 2.19. The Morgan fingerprint density at radius 2 is 1.21 bits per heavy atom. The van der Waals surface area contributed by atoms with Gasteiger partial charge in [0.1, 0.15) is 11.7 Å². The van der Waals surface area contributed by atoms with E-state index in [4.69, 9.17) is 5.11 Å². The Morgan fingerprint density at radius 3 is 1.72 bits per heavy atom. The molecule has 6 nitrogen and oxygen atoms in total. The first-order chi connectivity index (χ1) is 14.0. The van der Waals surface area contributed by atoms with Gasteiger partial charge in [-0.1, -0.05) is 90.9 Å². The van der Waals surface area contributed by atoms with Crippen molar-refractivity contribution in [3.63, 3.8) is 0 Å². The molecule has 0 saturated carbocycles. The molecule has 2 unspecified atom stereocenters. The minimum absolute atomic E-state index is 0.191. The van der Waals surface area contributed by atoms with Gasteiger partial charge in [-0.2, -0.15) is 0 Å². The van der Waals surface area contributed by atoms with E-state index < -0.39 is 30.6 Å². The molecule has 170 valence electrons. The fraction of sp³-hybridized carbons (Fsp3) is 0.870. The molecule has 0 amide bonds. The average Bonchev–Trinajstić information content (AvgIpc) is 2.71. The molecule has 2 atom stereocenters. The number of esters is 2. The van der Waals surface area contributed by atoms with Crippen LogP contribution in [0.3, 0.4) is 0 Å². The van der Waals surface area contributed by atoms with Gasteiger partial charge in [0, 0.05) is 6.42 Å². The molecule has 0 aliphatic carbocycles. The van der Waals surface area contributed by atoms with Crippen LogP contribution in [0, 0.1) is 5.92 Å². The zero-order valence-corrected chi connectivity index (χ0v) is 18.5. The number of carbonyl (C=O) groups is 3. The van der Waals surface area contributed by atoms with Gasteiger partial charge in [-0.3, -0.25) is 9.59 Å². The highest BCUT2D eigenvalue weighted by molar-refractivity contribution is 6.02. The molecule has 0 heterocycles. The maximum Gasteiger partial charge on any atom is 0.345 e. The lowest BCUT2D eigenvalue weighted by molar-refractivity contribution is -0.170. The summed E-state index contributed by atoms with van der Waals surface area (Å²) in [7, 11) is 0. The second-order valence-electron chi connectivity index (χ2n) is 7.89. The first-order valence-electron chi connectivity index (χ1n) is 11.5. The van der Waals surface area contributed by atoms with Crippen molar-refractivity contribution < 1.29 is 29.3 Å². The molecule has 0 aromatic carbocycles. The molecule has 0 radical (unpaired) electrons. The minimum atomic E-state index is -1.76. The maximum absolute atomic E-state index is 12.6. The second-order valence-corrected chi connectivity index (χ2v) is 7.89. The fourth-order valence-corrected chi connectivity index (χ4v) is 3.28. The molecular weight excluding hydrogens is 372 g/mol. The number of hydrogen-bond donors (Lipinski definition) is 2. The smallest absolute Gasteiger partial charge is 0.345 e. The van der Waals surface area contributed by atoms with Crippen LogP contribution in [0.1, 0.15) is 110 Å². The van der Waals surface area contributed by atoms with Gasteiger partial charge in [0.2, 0.25) is 0 Å². The molecule has 0 aliphatic rings. The zero-order chi connectivity index (χ0) is 21.9. The number of carbonyl (C=O) groups excluding carboxylic acids is 3. The monoisotopic (exact) mass is 414 g/mol. The van der Waals surface area contributed by atoms with Crippen LogP contribution in [0.4, 0.5) is 0 Å². The number of aliphatic hydroxyl groups is 2. The third-order valence-corrected chi connectivity index (χ3v) is 5.19. The van der Waals surface area contributed by atoms with E-state index in [1.807, 2.05) is 0 Å². The van der Waals surface area contributed by atoms with Crippen molar-refractivity contribution in [2.75, 3.05) is 6.61 Å². The average molecular weight is 415 g/mol. The number of aliphatic hydroxyl groups excluding tert-OH is 2.